The van der Waals surface area contributed by atoms with Gasteiger partial charge in [0, 0.05) is 68.3 Å². The van der Waals surface area contributed by atoms with E-state index in [4.69, 9.17) is 16.1 Å². The molecule has 9 rings (SSSR count). The molecule has 6 amide bonds. The second-order valence-corrected chi connectivity index (χ2v) is 16.4. The quantitative estimate of drug-likeness (QED) is 0.177. The molecule has 3 N–H and O–H groups in total. The summed E-state index contributed by atoms with van der Waals surface area (Å²) in [5, 5.41) is 16.7. The van der Waals surface area contributed by atoms with Crippen molar-refractivity contribution >= 4 is 64.0 Å². The van der Waals surface area contributed by atoms with Gasteiger partial charge in [-0.05, 0) is 67.9 Å². The van der Waals surface area contributed by atoms with Crippen LogP contribution in [0.5, 0.6) is 0 Å². The van der Waals surface area contributed by atoms with E-state index in [1.165, 1.54) is 6.20 Å². The number of nitrogens with zero attached hydrogens (tertiary/aromatic N) is 9. The molecule has 1 saturated carbocycles. The first-order chi connectivity index (χ1) is 29.0. The van der Waals surface area contributed by atoms with Gasteiger partial charge in [0.05, 0.1) is 40.7 Å². The highest BCUT2D eigenvalue weighted by atomic mass is 35.5. The van der Waals surface area contributed by atoms with E-state index in [0.29, 0.717) is 86.2 Å². The maximum absolute atomic E-state index is 13.7. The van der Waals surface area contributed by atoms with Gasteiger partial charge in [-0.2, -0.15) is 10.1 Å². The molecule has 4 aliphatic rings. The first-order valence-corrected chi connectivity index (χ1v) is 20.6. The highest BCUT2D eigenvalue weighted by Crippen LogP contribution is 2.38. The van der Waals surface area contributed by atoms with E-state index in [1.54, 1.807) is 33.9 Å². The Bertz CT molecular complexity index is 2520. The van der Waals surface area contributed by atoms with Gasteiger partial charge in [0.2, 0.25) is 29.4 Å². The van der Waals surface area contributed by atoms with E-state index in [2.05, 4.69) is 46.1 Å². The van der Waals surface area contributed by atoms with Crippen LogP contribution in [0.25, 0.3) is 17.2 Å². The van der Waals surface area contributed by atoms with Crippen LogP contribution in [0.2, 0.25) is 5.02 Å². The molecule has 0 radical (unpaired) electrons. The minimum absolute atomic E-state index is 0.000608. The molecule has 5 aromatic rings. The van der Waals surface area contributed by atoms with Gasteiger partial charge in [0.15, 0.2) is 5.65 Å². The minimum atomic E-state index is -0.652. The van der Waals surface area contributed by atoms with Crippen LogP contribution in [0.4, 0.5) is 21.9 Å². The van der Waals surface area contributed by atoms with Gasteiger partial charge in [-0.1, -0.05) is 30.6 Å². The standard InChI is InChI=1S/C41H43ClN12O6/c1-22(2)35-30(20-43-32-11-12-45-54(32)35)47-41(59)46-26-18-29(42)34(44-19-26)36-49-38(60-50-36)23-3-5-24(6-4-23)39(57)52-15-13-51(14-16-52)27-7-8-28-25(17-27)21-53(40(28)58)31-9-10-33(55)48-37(31)56/h7-8,11-12,17-20,22-24,31H,3-6,9-10,13-16,21H2,1-2H3,(H2,46,47,59)(H,48,55,56). The minimum Gasteiger partial charge on any atom is -0.368 e. The number of piperidine rings is 1. The number of anilines is 3. The van der Waals surface area contributed by atoms with Crippen LogP contribution < -0.4 is 20.9 Å². The molecule has 4 aromatic heterocycles. The third-order valence-electron chi connectivity index (χ3n) is 11.9. The van der Waals surface area contributed by atoms with E-state index in [-0.39, 0.29) is 52.7 Å². The first-order valence-electron chi connectivity index (χ1n) is 20.2. The molecule has 1 unspecified atom stereocenters. The van der Waals surface area contributed by atoms with Crippen LogP contribution >= 0.6 is 11.6 Å². The zero-order chi connectivity index (χ0) is 41.7. The summed E-state index contributed by atoms with van der Waals surface area (Å²) in [7, 11) is 0. The fourth-order valence-electron chi connectivity index (χ4n) is 8.78. The van der Waals surface area contributed by atoms with Crippen LogP contribution in [0.3, 0.4) is 0 Å². The van der Waals surface area contributed by atoms with Crippen LogP contribution in [-0.2, 0) is 20.9 Å². The number of piperazine rings is 1. The predicted molar refractivity (Wildman–Crippen MR) is 218 cm³/mol. The smallest absolute Gasteiger partial charge is 0.323 e. The Morgan fingerprint density at radius 3 is 2.50 bits per heavy atom. The van der Waals surface area contributed by atoms with Crippen LogP contribution in [-0.4, -0.2) is 101 Å². The van der Waals surface area contributed by atoms with Gasteiger partial charge >= 0.3 is 6.03 Å². The third-order valence-corrected chi connectivity index (χ3v) is 12.2. The molecule has 3 fully saturated rings. The number of hydrogen-bond acceptors (Lipinski definition) is 12. The van der Waals surface area contributed by atoms with Crippen LogP contribution in [0.1, 0.15) is 91.7 Å². The van der Waals surface area contributed by atoms with Crippen LogP contribution in [0, 0.1) is 5.92 Å². The monoisotopic (exact) mass is 834 g/mol. The molecule has 7 heterocycles. The van der Waals surface area contributed by atoms with Crippen LogP contribution in [0.15, 0.2) is 53.4 Å². The number of carbonyl (C=O) groups excluding carboxylic acids is 5. The molecular weight excluding hydrogens is 792 g/mol. The second-order valence-electron chi connectivity index (χ2n) is 16.0. The molecule has 1 aliphatic carbocycles. The predicted octanol–water partition coefficient (Wildman–Crippen LogP) is 4.98. The van der Waals surface area contributed by atoms with Gasteiger partial charge in [0.25, 0.3) is 5.91 Å². The highest BCUT2D eigenvalue weighted by Gasteiger charge is 2.40. The number of rotatable bonds is 8. The number of hydrogen-bond donors (Lipinski definition) is 3. The Balaban J connectivity index is 0.753. The van der Waals surface area contributed by atoms with E-state index < -0.39 is 18.0 Å². The number of nitrogens with one attached hydrogen (secondary N) is 3. The summed E-state index contributed by atoms with van der Waals surface area (Å²) in [6.07, 6.45) is 8.13. The molecule has 2 saturated heterocycles. The van der Waals surface area contributed by atoms with Gasteiger partial charge in [0.1, 0.15) is 11.7 Å². The van der Waals surface area contributed by atoms with Crippen molar-refractivity contribution in [3.8, 4) is 11.5 Å². The van der Waals surface area contributed by atoms with E-state index in [9.17, 15) is 24.0 Å². The molecular formula is C41H43ClN12O6. The van der Waals surface area contributed by atoms with Crippen molar-refractivity contribution in [2.45, 2.75) is 76.8 Å². The van der Waals surface area contributed by atoms with Crippen molar-refractivity contribution in [2.24, 2.45) is 5.92 Å². The number of imide groups is 1. The third kappa shape index (κ3) is 7.50. The Labute approximate surface area is 349 Å². The number of benzene rings is 1. The highest BCUT2D eigenvalue weighted by molar-refractivity contribution is 6.33. The van der Waals surface area contributed by atoms with Gasteiger partial charge < -0.3 is 29.9 Å². The number of urea groups is 1. The van der Waals surface area contributed by atoms with Crippen molar-refractivity contribution in [3.05, 3.63) is 76.7 Å². The molecule has 60 heavy (non-hydrogen) atoms. The number of pyridine rings is 1. The Morgan fingerprint density at radius 1 is 0.950 bits per heavy atom. The lowest BCUT2D eigenvalue weighted by atomic mass is 9.81. The van der Waals surface area contributed by atoms with Gasteiger partial charge in [-0.25, -0.2) is 19.3 Å². The van der Waals surface area contributed by atoms with Crippen molar-refractivity contribution in [1.29, 1.82) is 0 Å². The average molecular weight is 835 g/mol. The lowest BCUT2D eigenvalue weighted by Gasteiger charge is -2.38. The molecule has 0 bridgehead atoms. The molecule has 0 spiro atoms. The summed E-state index contributed by atoms with van der Waals surface area (Å²) < 4.78 is 7.37. The van der Waals surface area contributed by atoms with E-state index in [0.717, 1.165) is 29.8 Å². The van der Waals surface area contributed by atoms with Crippen molar-refractivity contribution in [1.82, 2.24) is 44.8 Å². The zero-order valence-electron chi connectivity index (χ0n) is 33.1. The van der Waals surface area contributed by atoms with E-state index >= 15 is 0 Å². The van der Waals surface area contributed by atoms with Gasteiger partial charge in [-0.15, -0.1) is 0 Å². The summed E-state index contributed by atoms with van der Waals surface area (Å²) in [6.45, 7) is 6.85. The Kier molecular flexibility index (Phi) is 10.4. The number of halogens is 1. The first kappa shape index (κ1) is 39.1. The Hall–Kier alpha value is -6.43. The number of amides is 6. The fourth-order valence-corrected chi connectivity index (χ4v) is 9.03. The SMILES string of the molecule is CC(C)c1c(NC(=O)Nc2cnc(-c3noc(C4CCC(C(=O)N5CCN(c6ccc7c(c6)CN(C6CCC(=O)NC6=O)C7=O)CC5)CC4)n3)c(Cl)c2)cnc2ccnn12. The van der Waals surface area contributed by atoms with E-state index in [1.807, 2.05) is 36.9 Å². The summed E-state index contributed by atoms with van der Waals surface area (Å²) >= 11 is 6.60. The number of aromatic nitrogens is 6. The molecule has 1 atom stereocenters. The van der Waals surface area contributed by atoms with Crippen molar-refractivity contribution < 1.29 is 28.5 Å². The topological polar surface area (TPSA) is 213 Å². The molecule has 1 aromatic carbocycles. The molecule has 19 heteroatoms. The fraction of sp³-hybridized carbons (Fsp3) is 0.415. The second kappa shape index (κ2) is 16.0. The number of carbonyl (C=O) groups is 5. The lowest BCUT2D eigenvalue weighted by molar-refractivity contribution is -0.138. The zero-order valence-corrected chi connectivity index (χ0v) is 33.8. The molecule has 18 nitrogen and oxygen atoms in total. The summed E-state index contributed by atoms with van der Waals surface area (Å²) in [5.74, 6) is -0.0778. The maximum atomic E-state index is 13.7. The average Bonchev–Trinajstić information content (AvgIpc) is 4.00. The normalized spacial score (nSPS) is 20.8. The molecule has 3 aliphatic heterocycles. The maximum Gasteiger partial charge on any atom is 0.323 e. The summed E-state index contributed by atoms with van der Waals surface area (Å²) in [5.41, 5.74) is 5.13. The Morgan fingerprint density at radius 2 is 1.75 bits per heavy atom. The lowest BCUT2D eigenvalue weighted by Crippen LogP contribution is -2.52. The molecule has 310 valence electrons. The van der Waals surface area contributed by atoms with Gasteiger partial charge in [-0.3, -0.25) is 24.5 Å². The summed E-state index contributed by atoms with van der Waals surface area (Å²) in [4.78, 5) is 83.0. The van der Waals surface area contributed by atoms with Crippen molar-refractivity contribution in [2.75, 3.05) is 41.7 Å². The van der Waals surface area contributed by atoms with Crippen molar-refractivity contribution in [3.63, 3.8) is 0 Å². The summed E-state index contributed by atoms with van der Waals surface area (Å²) in [6, 6.07) is 7.97. The number of fused-ring (bicyclic) bond motifs is 2. The largest absolute Gasteiger partial charge is 0.368 e.